The molecular weight excluding hydrogens is 255 g/mol. The molecule has 0 saturated heterocycles. The minimum Gasteiger partial charge on any atom is -0.271 e. The van der Waals surface area contributed by atoms with Crippen LogP contribution in [0.5, 0.6) is 0 Å². The highest BCUT2D eigenvalue weighted by atomic mass is 35.5. The third-order valence-corrected chi connectivity index (χ3v) is 4.44. The molecular formula is C13H18Cl2N2. The number of hydrogen-bond donors (Lipinski definition) is 2. The maximum atomic E-state index is 6.22. The van der Waals surface area contributed by atoms with Crippen molar-refractivity contribution in [2.45, 2.75) is 38.1 Å². The molecule has 1 aliphatic carbocycles. The summed E-state index contributed by atoms with van der Waals surface area (Å²) in [5.74, 6) is 6.41. The Morgan fingerprint density at radius 3 is 2.65 bits per heavy atom. The monoisotopic (exact) mass is 272 g/mol. The average molecular weight is 273 g/mol. The number of hydrazine groups is 1. The first kappa shape index (κ1) is 13.2. The molecule has 1 aromatic rings. The van der Waals surface area contributed by atoms with E-state index in [9.17, 15) is 0 Å². The minimum atomic E-state index is 0.101. The highest BCUT2D eigenvalue weighted by molar-refractivity contribution is 6.42. The molecule has 2 rings (SSSR count). The van der Waals surface area contributed by atoms with Gasteiger partial charge in [-0.1, -0.05) is 61.0 Å². The van der Waals surface area contributed by atoms with Crippen LogP contribution in [0, 0.1) is 5.92 Å². The van der Waals surface area contributed by atoms with Gasteiger partial charge in [-0.2, -0.15) is 0 Å². The minimum absolute atomic E-state index is 0.101. The summed E-state index contributed by atoms with van der Waals surface area (Å²) >= 11 is 12.3. The molecule has 0 aliphatic heterocycles. The van der Waals surface area contributed by atoms with Crippen LogP contribution in [0.1, 0.15) is 43.7 Å². The molecule has 0 spiro atoms. The molecule has 1 unspecified atom stereocenters. The molecule has 1 aromatic carbocycles. The van der Waals surface area contributed by atoms with Crippen molar-refractivity contribution in [1.82, 2.24) is 5.43 Å². The van der Waals surface area contributed by atoms with Gasteiger partial charge in [-0.15, -0.1) is 0 Å². The number of rotatable bonds is 4. The predicted molar refractivity (Wildman–Crippen MR) is 73.1 cm³/mol. The first-order valence-electron chi connectivity index (χ1n) is 6.12. The number of benzene rings is 1. The summed E-state index contributed by atoms with van der Waals surface area (Å²) in [5, 5.41) is 1.21. The Morgan fingerprint density at radius 2 is 2.00 bits per heavy atom. The number of nitrogens with one attached hydrogen (secondary N) is 1. The molecule has 17 heavy (non-hydrogen) atoms. The topological polar surface area (TPSA) is 38.0 Å². The Kier molecular flexibility index (Phi) is 4.69. The second-order valence-electron chi connectivity index (χ2n) is 4.75. The van der Waals surface area contributed by atoms with Crippen molar-refractivity contribution >= 4 is 23.2 Å². The Labute approximate surface area is 112 Å². The van der Waals surface area contributed by atoms with Crippen molar-refractivity contribution < 1.29 is 0 Å². The van der Waals surface area contributed by atoms with Gasteiger partial charge in [0.15, 0.2) is 0 Å². The Morgan fingerprint density at radius 1 is 1.29 bits per heavy atom. The lowest BCUT2D eigenvalue weighted by atomic mass is 9.94. The smallest absolute Gasteiger partial charge is 0.0640 e. The molecule has 1 aliphatic rings. The lowest BCUT2D eigenvalue weighted by Gasteiger charge is -2.21. The predicted octanol–water partition coefficient (Wildman–Crippen LogP) is 4.08. The third kappa shape index (κ3) is 3.14. The molecule has 2 nitrogen and oxygen atoms in total. The van der Waals surface area contributed by atoms with E-state index in [1.165, 1.54) is 25.7 Å². The summed E-state index contributed by atoms with van der Waals surface area (Å²) in [7, 11) is 0. The van der Waals surface area contributed by atoms with Gasteiger partial charge in [-0.25, -0.2) is 0 Å². The van der Waals surface area contributed by atoms with E-state index in [2.05, 4.69) is 5.43 Å². The van der Waals surface area contributed by atoms with Gasteiger partial charge in [0, 0.05) is 6.04 Å². The van der Waals surface area contributed by atoms with Crippen LogP contribution in [0.4, 0.5) is 0 Å². The van der Waals surface area contributed by atoms with Gasteiger partial charge in [0.1, 0.15) is 0 Å². The number of halogens is 2. The van der Waals surface area contributed by atoms with Gasteiger partial charge in [-0.3, -0.25) is 11.3 Å². The maximum absolute atomic E-state index is 6.22. The second-order valence-corrected chi connectivity index (χ2v) is 5.53. The quantitative estimate of drug-likeness (QED) is 0.640. The van der Waals surface area contributed by atoms with E-state index in [1.54, 1.807) is 6.07 Å². The zero-order chi connectivity index (χ0) is 12.3. The number of nitrogens with two attached hydrogens (primary N) is 1. The SMILES string of the molecule is NNC(CC1CCCC1)c1cccc(Cl)c1Cl. The summed E-state index contributed by atoms with van der Waals surface area (Å²) in [6.45, 7) is 0. The van der Waals surface area contributed by atoms with Crippen molar-refractivity contribution in [3.8, 4) is 0 Å². The van der Waals surface area contributed by atoms with Crippen LogP contribution in [-0.4, -0.2) is 0 Å². The van der Waals surface area contributed by atoms with E-state index in [0.29, 0.717) is 10.0 Å². The van der Waals surface area contributed by atoms with Crippen LogP contribution >= 0.6 is 23.2 Å². The van der Waals surface area contributed by atoms with E-state index in [4.69, 9.17) is 29.0 Å². The molecule has 0 aromatic heterocycles. The zero-order valence-corrected chi connectivity index (χ0v) is 11.3. The highest BCUT2D eigenvalue weighted by Crippen LogP contribution is 2.36. The van der Waals surface area contributed by atoms with E-state index in [1.807, 2.05) is 12.1 Å². The second kappa shape index (κ2) is 6.05. The molecule has 0 radical (unpaired) electrons. The number of hydrogen-bond acceptors (Lipinski definition) is 2. The standard InChI is InChI=1S/C13H18Cl2N2/c14-11-7-3-6-10(13(11)15)12(17-16)8-9-4-1-2-5-9/h3,6-7,9,12,17H,1-2,4-5,8,16H2. The third-order valence-electron chi connectivity index (χ3n) is 3.60. The maximum Gasteiger partial charge on any atom is 0.0640 e. The van der Waals surface area contributed by atoms with Gasteiger partial charge in [0.05, 0.1) is 10.0 Å². The van der Waals surface area contributed by atoms with Gasteiger partial charge >= 0.3 is 0 Å². The van der Waals surface area contributed by atoms with Crippen LogP contribution in [0.3, 0.4) is 0 Å². The van der Waals surface area contributed by atoms with Crippen LogP contribution in [0.15, 0.2) is 18.2 Å². The lowest BCUT2D eigenvalue weighted by Crippen LogP contribution is -2.29. The van der Waals surface area contributed by atoms with Gasteiger partial charge in [0.2, 0.25) is 0 Å². The van der Waals surface area contributed by atoms with E-state index >= 15 is 0 Å². The van der Waals surface area contributed by atoms with Crippen LogP contribution in [0.2, 0.25) is 10.0 Å². The summed E-state index contributed by atoms with van der Waals surface area (Å²) < 4.78 is 0. The van der Waals surface area contributed by atoms with Crippen molar-refractivity contribution in [1.29, 1.82) is 0 Å². The van der Waals surface area contributed by atoms with Crippen molar-refractivity contribution in [2.75, 3.05) is 0 Å². The van der Waals surface area contributed by atoms with Crippen molar-refractivity contribution in [3.05, 3.63) is 33.8 Å². The largest absolute Gasteiger partial charge is 0.271 e. The molecule has 4 heteroatoms. The fraction of sp³-hybridized carbons (Fsp3) is 0.538. The molecule has 1 atom stereocenters. The highest BCUT2D eigenvalue weighted by Gasteiger charge is 2.22. The van der Waals surface area contributed by atoms with Crippen LogP contribution in [0.25, 0.3) is 0 Å². The van der Waals surface area contributed by atoms with Crippen molar-refractivity contribution in [2.24, 2.45) is 11.8 Å². The first-order valence-corrected chi connectivity index (χ1v) is 6.88. The fourth-order valence-electron chi connectivity index (χ4n) is 2.65. The van der Waals surface area contributed by atoms with Gasteiger partial charge in [0.25, 0.3) is 0 Å². The zero-order valence-electron chi connectivity index (χ0n) is 9.76. The normalized spacial score (nSPS) is 18.5. The molecule has 3 N–H and O–H groups in total. The fourth-order valence-corrected chi connectivity index (χ4v) is 3.09. The van der Waals surface area contributed by atoms with E-state index < -0.39 is 0 Å². The summed E-state index contributed by atoms with van der Waals surface area (Å²) in [5.41, 5.74) is 3.88. The molecule has 94 valence electrons. The molecule has 1 fully saturated rings. The van der Waals surface area contributed by atoms with Gasteiger partial charge < -0.3 is 0 Å². The Balaban J connectivity index is 2.13. The Hall–Kier alpha value is -0.280. The Bertz CT molecular complexity index is 376. The summed E-state index contributed by atoms with van der Waals surface area (Å²) in [4.78, 5) is 0. The van der Waals surface area contributed by atoms with Crippen LogP contribution in [-0.2, 0) is 0 Å². The van der Waals surface area contributed by atoms with Crippen LogP contribution < -0.4 is 11.3 Å². The lowest BCUT2D eigenvalue weighted by molar-refractivity contribution is 0.400. The molecule has 0 heterocycles. The van der Waals surface area contributed by atoms with Gasteiger partial charge in [-0.05, 0) is 24.0 Å². The summed E-state index contributed by atoms with van der Waals surface area (Å²) in [6.07, 6.45) is 6.32. The molecule has 1 saturated carbocycles. The first-order chi connectivity index (χ1) is 8.22. The van der Waals surface area contributed by atoms with Crippen molar-refractivity contribution in [3.63, 3.8) is 0 Å². The summed E-state index contributed by atoms with van der Waals surface area (Å²) in [6, 6.07) is 5.82. The molecule has 0 bridgehead atoms. The average Bonchev–Trinajstić information content (AvgIpc) is 2.83. The molecule has 0 amide bonds. The van der Waals surface area contributed by atoms with E-state index in [-0.39, 0.29) is 6.04 Å². The van der Waals surface area contributed by atoms with E-state index in [0.717, 1.165) is 17.9 Å².